The summed E-state index contributed by atoms with van der Waals surface area (Å²) in [6.07, 6.45) is 0. The Morgan fingerprint density at radius 1 is 1.32 bits per heavy atom. The monoisotopic (exact) mass is 263 g/mol. The van der Waals surface area contributed by atoms with Gasteiger partial charge in [0.05, 0.1) is 6.04 Å². The summed E-state index contributed by atoms with van der Waals surface area (Å²) in [5, 5.41) is 3.47. The Morgan fingerprint density at radius 2 is 2.16 bits per heavy atom. The van der Waals surface area contributed by atoms with Crippen molar-refractivity contribution in [1.82, 2.24) is 10.2 Å². The maximum Gasteiger partial charge on any atom is 0.231 e. The number of hydrogen-bond acceptors (Lipinski definition) is 5. The Balaban J connectivity index is 1.82. The lowest BCUT2D eigenvalue weighted by atomic mass is 10.1. The molecule has 5 nitrogen and oxygen atoms in total. The minimum atomic E-state index is 0.335. The number of anilines is 1. The van der Waals surface area contributed by atoms with Crippen LogP contribution >= 0.6 is 0 Å². The minimum Gasteiger partial charge on any atom is -0.454 e. The number of fused-ring (bicyclic) bond motifs is 1. The molecule has 0 radical (unpaired) electrons. The second kappa shape index (κ2) is 5.27. The van der Waals surface area contributed by atoms with E-state index in [-0.39, 0.29) is 0 Å². The van der Waals surface area contributed by atoms with Gasteiger partial charge in [-0.05, 0) is 26.2 Å². The third-order valence-electron chi connectivity index (χ3n) is 3.61. The van der Waals surface area contributed by atoms with E-state index >= 15 is 0 Å². The van der Waals surface area contributed by atoms with Gasteiger partial charge in [0.1, 0.15) is 0 Å². The summed E-state index contributed by atoms with van der Waals surface area (Å²) < 4.78 is 10.8. The third-order valence-corrected chi connectivity index (χ3v) is 3.61. The van der Waals surface area contributed by atoms with E-state index in [0.29, 0.717) is 12.8 Å². The van der Waals surface area contributed by atoms with Crippen LogP contribution in [0.15, 0.2) is 18.2 Å². The molecule has 1 fully saturated rings. The van der Waals surface area contributed by atoms with Crippen LogP contribution in [-0.4, -0.2) is 58.0 Å². The molecule has 1 atom stereocenters. The van der Waals surface area contributed by atoms with Gasteiger partial charge < -0.3 is 24.6 Å². The third kappa shape index (κ3) is 2.62. The fourth-order valence-corrected chi connectivity index (χ4v) is 2.75. The maximum atomic E-state index is 5.47. The summed E-state index contributed by atoms with van der Waals surface area (Å²) >= 11 is 0. The highest BCUT2D eigenvalue weighted by molar-refractivity contribution is 5.58. The number of ether oxygens (including phenoxy) is 2. The number of nitrogens with zero attached hydrogens (tertiary/aromatic N) is 2. The molecule has 1 saturated heterocycles. The van der Waals surface area contributed by atoms with Crippen LogP contribution in [0.4, 0.5) is 5.69 Å². The molecule has 2 heterocycles. The Hall–Kier alpha value is -1.46. The predicted molar refractivity (Wildman–Crippen MR) is 75.1 cm³/mol. The zero-order valence-corrected chi connectivity index (χ0v) is 11.6. The van der Waals surface area contributed by atoms with Gasteiger partial charge in [0, 0.05) is 37.9 Å². The van der Waals surface area contributed by atoms with Gasteiger partial charge >= 0.3 is 0 Å². The smallest absolute Gasteiger partial charge is 0.231 e. The minimum absolute atomic E-state index is 0.335. The molecule has 2 aliphatic rings. The summed E-state index contributed by atoms with van der Waals surface area (Å²) in [4.78, 5) is 4.69. The average molecular weight is 263 g/mol. The Kier molecular flexibility index (Phi) is 3.48. The molecule has 0 aromatic heterocycles. The van der Waals surface area contributed by atoms with Crippen molar-refractivity contribution in [2.75, 3.05) is 52.0 Å². The van der Waals surface area contributed by atoms with Crippen LogP contribution in [-0.2, 0) is 0 Å². The molecule has 3 rings (SSSR count). The van der Waals surface area contributed by atoms with Gasteiger partial charge in [-0.15, -0.1) is 0 Å². The zero-order chi connectivity index (χ0) is 13.2. The molecule has 19 heavy (non-hydrogen) atoms. The van der Waals surface area contributed by atoms with Gasteiger partial charge in [0.15, 0.2) is 11.5 Å². The van der Waals surface area contributed by atoms with Crippen molar-refractivity contribution in [2.24, 2.45) is 0 Å². The van der Waals surface area contributed by atoms with Gasteiger partial charge in [-0.2, -0.15) is 0 Å². The van der Waals surface area contributed by atoms with Crippen LogP contribution in [0, 0.1) is 0 Å². The highest BCUT2D eigenvalue weighted by Gasteiger charge is 2.24. The number of likely N-dealkylation sites (N-methyl/N-ethyl adjacent to an activating group) is 1. The van der Waals surface area contributed by atoms with Crippen LogP contribution < -0.4 is 19.7 Å². The first-order valence-corrected chi connectivity index (χ1v) is 6.76. The molecule has 0 amide bonds. The number of hydrogen-bond donors (Lipinski definition) is 1. The fourth-order valence-electron chi connectivity index (χ4n) is 2.75. The lowest BCUT2D eigenvalue weighted by Gasteiger charge is -2.39. The molecule has 2 aliphatic heterocycles. The molecule has 1 N–H and O–H groups in total. The van der Waals surface area contributed by atoms with Crippen molar-refractivity contribution in [3.05, 3.63) is 18.2 Å². The summed E-state index contributed by atoms with van der Waals surface area (Å²) in [5.74, 6) is 1.71. The maximum absolute atomic E-state index is 5.47. The van der Waals surface area contributed by atoms with E-state index in [1.165, 1.54) is 5.69 Å². The van der Waals surface area contributed by atoms with E-state index in [9.17, 15) is 0 Å². The van der Waals surface area contributed by atoms with Crippen molar-refractivity contribution >= 4 is 5.69 Å². The van der Waals surface area contributed by atoms with Crippen molar-refractivity contribution in [3.63, 3.8) is 0 Å². The van der Waals surface area contributed by atoms with E-state index in [4.69, 9.17) is 9.47 Å². The lowest BCUT2D eigenvalue weighted by Crippen LogP contribution is -2.55. The Bertz CT molecular complexity index is 450. The van der Waals surface area contributed by atoms with E-state index in [0.717, 1.165) is 37.7 Å². The number of nitrogens with one attached hydrogen (secondary N) is 1. The zero-order valence-electron chi connectivity index (χ0n) is 11.6. The van der Waals surface area contributed by atoms with Crippen LogP contribution in [0.5, 0.6) is 11.5 Å². The highest BCUT2D eigenvalue weighted by Crippen LogP contribution is 2.36. The van der Waals surface area contributed by atoms with Crippen molar-refractivity contribution in [3.8, 4) is 11.5 Å². The molecule has 104 valence electrons. The second-order valence-corrected chi connectivity index (χ2v) is 5.35. The molecular weight excluding hydrogens is 242 g/mol. The van der Waals surface area contributed by atoms with Gasteiger partial charge in [0.25, 0.3) is 0 Å². The molecule has 0 saturated carbocycles. The molecule has 1 aromatic rings. The quantitative estimate of drug-likeness (QED) is 0.871. The van der Waals surface area contributed by atoms with E-state index in [1.807, 2.05) is 6.07 Å². The SMILES string of the molecule is CN(C)CC1CNCCN1c1ccc2c(c1)OCO2. The summed E-state index contributed by atoms with van der Waals surface area (Å²) in [6.45, 7) is 4.45. The van der Waals surface area contributed by atoms with E-state index < -0.39 is 0 Å². The fraction of sp³-hybridized carbons (Fsp3) is 0.571. The second-order valence-electron chi connectivity index (χ2n) is 5.35. The largest absolute Gasteiger partial charge is 0.454 e. The van der Waals surface area contributed by atoms with Crippen molar-refractivity contribution in [1.29, 1.82) is 0 Å². The predicted octanol–water partition coefficient (Wildman–Crippen LogP) is 0.755. The van der Waals surface area contributed by atoms with Gasteiger partial charge in [0.2, 0.25) is 6.79 Å². The topological polar surface area (TPSA) is 37.0 Å². The van der Waals surface area contributed by atoms with Gasteiger partial charge in [-0.1, -0.05) is 0 Å². The van der Waals surface area contributed by atoms with Crippen LogP contribution in [0.3, 0.4) is 0 Å². The van der Waals surface area contributed by atoms with Crippen LogP contribution in [0.2, 0.25) is 0 Å². The van der Waals surface area contributed by atoms with E-state index in [2.05, 4.69) is 41.3 Å². The molecule has 1 aromatic carbocycles. The number of piperazine rings is 1. The average Bonchev–Trinajstić information content (AvgIpc) is 2.86. The van der Waals surface area contributed by atoms with E-state index in [1.54, 1.807) is 0 Å². The molecule has 0 aliphatic carbocycles. The van der Waals surface area contributed by atoms with Crippen LogP contribution in [0.25, 0.3) is 0 Å². The number of rotatable bonds is 3. The van der Waals surface area contributed by atoms with Crippen LogP contribution in [0.1, 0.15) is 0 Å². The molecule has 5 heteroatoms. The number of benzene rings is 1. The summed E-state index contributed by atoms with van der Waals surface area (Å²) in [5.41, 5.74) is 1.22. The lowest BCUT2D eigenvalue weighted by molar-refractivity contribution is 0.174. The summed E-state index contributed by atoms with van der Waals surface area (Å²) in [6, 6.07) is 6.72. The first kappa shape index (κ1) is 12.6. The van der Waals surface area contributed by atoms with Crippen molar-refractivity contribution < 1.29 is 9.47 Å². The highest BCUT2D eigenvalue weighted by atomic mass is 16.7. The van der Waals surface area contributed by atoms with Gasteiger partial charge in [-0.3, -0.25) is 0 Å². The standard InChI is InChI=1S/C14H21N3O2/c1-16(2)9-12-8-15-5-6-17(12)11-3-4-13-14(7-11)19-10-18-13/h3-4,7,12,15H,5-6,8-10H2,1-2H3. The van der Waals surface area contributed by atoms with Crippen molar-refractivity contribution in [2.45, 2.75) is 6.04 Å². The first-order valence-electron chi connectivity index (χ1n) is 6.76. The Morgan fingerprint density at radius 3 is 3.00 bits per heavy atom. The molecule has 0 spiro atoms. The Labute approximate surface area is 114 Å². The molecular formula is C14H21N3O2. The molecule has 1 unspecified atom stereocenters. The first-order chi connectivity index (χ1) is 9.24. The summed E-state index contributed by atoms with van der Waals surface area (Å²) in [7, 11) is 4.23. The molecule has 0 bridgehead atoms. The van der Waals surface area contributed by atoms with Gasteiger partial charge in [-0.25, -0.2) is 0 Å². The normalized spacial score (nSPS) is 22.1.